The number of fused-ring (bicyclic) bond motifs is 2. The van der Waals surface area contributed by atoms with Gasteiger partial charge in [0.25, 0.3) is 0 Å². The lowest BCUT2D eigenvalue weighted by Crippen LogP contribution is -2.36. The van der Waals surface area contributed by atoms with Crippen molar-refractivity contribution in [3.63, 3.8) is 0 Å². The molecule has 0 radical (unpaired) electrons. The Balaban J connectivity index is 0.000000189. The third kappa shape index (κ3) is 7.94. The number of pyridine rings is 3. The molecule has 1 N–H and O–H groups in total. The minimum atomic E-state index is -0.737. The molecule has 294 valence electrons. The number of piperidine rings is 2. The summed E-state index contributed by atoms with van der Waals surface area (Å²) < 4.78 is 62.2. The number of halogens is 5. The van der Waals surface area contributed by atoms with Crippen LogP contribution in [0.25, 0.3) is 21.8 Å². The van der Waals surface area contributed by atoms with Crippen LogP contribution in [0.4, 0.5) is 46.3 Å². The fourth-order valence-electron chi connectivity index (χ4n) is 7.56. The molecule has 3 aliphatic heterocycles. The quantitative estimate of drug-likeness (QED) is 0.163. The minimum absolute atomic E-state index is 0.0217. The second kappa shape index (κ2) is 17.0. The summed E-state index contributed by atoms with van der Waals surface area (Å²) in [5.41, 5.74) is 3.73. The van der Waals surface area contributed by atoms with Gasteiger partial charge in [-0.05, 0) is 44.6 Å². The molecule has 5 aromatic rings. The first-order valence-electron chi connectivity index (χ1n) is 19.0. The molecule has 56 heavy (non-hydrogen) atoms. The molecule has 3 aromatic heterocycles. The maximum atomic E-state index is 15.1. The van der Waals surface area contributed by atoms with Gasteiger partial charge in [0.15, 0.2) is 0 Å². The zero-order valence-electron chi connectivity index (χ0n) is 31.2. The van der Waals surface area contributed by atoms with E-state index in [2.05, 4.69) is 25.2 Å². The van der Waals surface area contributed by atoms with E-state index < -0.39 is 23.3 Å². The maximum Gasteiger partial charge on any atom is 0.228 e. The van der Waals surface area contributed by atoms with E-state index in [1.54, 1.807) is 22.2 Å². The van der Waals surface area contributed by atoms with E-state index in [1.165, 1.54) is 6.07 Å². The summed E-state index contributed by atoms with van der Waals surface area (Å²) >= 11 is 6.33. The van der Waals surface area contributed by atoms with Crippen molar-refractivity contribution in [2.45, 2.75) is 65.2 Å². The molecule has 0 spiro atoms. The monoisotopic (exact) mass is 791 g/mol. The number of carbonyl (C=O) groups is 2. The number of amides is 2. The Kier molecular flexibility index (Phi) is 11.9. The largest absolute Gasteiger partial charge is 0.378 e. The molecular formula is C41H42ClF4N7O3. The lowest BCUT2D eigenvalue weighted by molar-refractivity contribution is -0.120. The molecule has 0 saturated carbocycles. The van der Waals surface area contributed by atoms with Crippen LogP contribution in [0.15, 0.2) is 42.7 Å². The fourth-order valence-corrected chi connectivity index (χ4v) is 7.97. The summed E-state index contributed by atoms with van der Waals surface area (Å²) in [7, 11) is 0. The van der Waals surface area contributed by atoms with Crippen molar-refractivity contribution in [1.29, 1.82) is 0 Å². The lowest BCUT2D eigenvalue weighted by Gasteiger charge is -2.30. The van der Waals surface area contributed by atoms with E-state index in [9.17, 15) is 22.8 Å². The highest BCUT2D eigenvalue weighted by Crippen LogP contribution is 2.39. The Morgan fingerprint density at radius 1 is 0.714 bits per heavy atom. The van der Waals surface area contributed by atoms with Crippen LogP contribution in [0, 0.1) is 23.3 Å². The molecule has 2 aromatic carbocycles. The number of aromatic nitrogens is 3. The zero-order valence-corrected chi connectivity index (χ0v) is 32.0. The standard InChI is InChI=1S/C25H27F2N5O2.C16H15ClF2N2O/c1-2-19-24(29-17-13-18(15-28-14-17)31-7-9-34-10-8-31)23-20(27)11-16(26)12-21(23)30-25(19)32-6-4-3-5-22(32)33;1-2-10-15(17)14-11(19)7-9(18)8-12(14)20-16(10)21-6-4-3-5-13(21)22/h11-15H,2-10H2,1H3,(H,29,30);7-8H,2-6H2,1H3. The predicted octanol–water partition coefficient (Wildman–Crippen LogP) is 8.81. The average molecular weight is 792 g/mol. The fraction of sp³-hybridized carbons (Fsp3) is 0.390. The van der Waals surface area contributed by atoms with Crippen LogP contribution in [0.2, 0.25) is 5.02 Å². The van der Waals surface area contributed by atoms with Gasteiger partial charge in [-0.25, -0.2) is 27.5 Å². The number of hydrogen-bond acceptors (Lipinski definition) is 8. The highest BCUT2D eigenvalue weighted by atomic mass is 35.5. The number of carbonyl (C=O) groups excluding carboxylic acids is 2. The predicted molar refractivity (Wildman–Crippen MR) is 210 cm³/mol. The molecule has 3 aliphatic rings. The summed E-state index contributed by atoms with van der Waals surface area (Å²) in [6, 6.07) is 5.96. The summed E-state index contributed by atoms with van der Waals surface area (Å²) in [6.07, 6.45) is 8.80. The van der Waals surface area contributed by atoms with Gasteiger partial charge in [-0.3, -0.25) is 24.4 Å². The Morgan fingerprint density at radius 3 is 1.84 bits per heavy atom. The van der Waals surface area contributed by atoms with Crippen molar-refractivity contribution >= 4 is 73.9 Å². The zero-order chi connectivity index (χ0) is 39.5. The number of rotatable bonds is 7. The Labute approximate surface area is 326 Å². The number of nitrogens with zero attached hydrogens (tertiary/aromatic N) is 6. The Morgan fingerprint density at radius 2 is 1.27 bits per heavy atom. The van der Waals surface area contributed by atoms with Crippen molar-refractivity contribution in [3.05, 3.63) is 82.1 Å². The second-order valence-electron chi connectivity index (χ2n) is 13.9. The van der Waals surface area contributed by atoms with Gasteiger partial charge in [0.1, 0.15) is 34.9 Å². The number of nitrogens with one attached hydrogen (secondary N) is 1. The van der Waals surface area contributed by atoms with Gasteiger partial charge in [0, 0.05) is 74.4 Å². The van der Waals surface area contributed by atoms with E-state index in [1.807, 2.05) is 19.9 Å². The number of morpholine rings is 1. The molecule has 2 amide bonds. The topological polar surface area (TPSA) is 104 Å². The van der Waals surface area contributed by atoms with E-state index in [-0.39, 0.29) is 38.6 Å². The third-order valence-corrected chi connectivity index (χ3v) is 10.7. The smallest absolute Gasteiger partial charge is 0.228 e. The first-order valence-corrected chi connectivity index (χ1v) is 19.4. The van der Waals surface area contributed by atoms with Gasteiger partial charge in [-0.2, -0.15) is 0 Å². The first-order chi connectivity index (χ1) is 27.1. The molecule has 8 rings (SSSR count). The number of benzene rings is 2. The van der Waals surface area contributed by atoms with Crippen molar-refractivity contribution in [3.8, 4) is 0 Å². The first kappa shape index (κ1) is 39.2. The molecule has 0 unspecified atom stereocenters. The molecular weight excluding hydrogens is 750 g/mol. The van der Waals surface area contributed by atoms with Gasteiger partial charge in [-0.15, -0.1) is 0 Å². The van der Waals surface area contributed by atoms with E-state index in [0.29, 0.717) is 86.1 Å². The van der Waals surface area contributed by atoms with Gasteiger partial charge in [0.2, 0.25) is 11.8 Å². The van der Waals surface area contributed by atoms with Gasteiger partial charge < -0.3 is 15.0 Å². The van der Waals surface area contributed by atoms with Gasteiger partial charge >= 0.3 is 0 Å². The normalized spacial score (nSPS) is 16.4. The molecule has 0 atom stereocenters. The molecule has 3 fully saturated rings. The van der Waals surface area contributed by atoms with Crippen molar-refractivity contribution in [2.24, 2.45) is 0 Å². The number of ether oxygens (including phenoxy) is 1. The second-order valence-corrected chi connectivity index (χ2v) is 14.3. The Hall–Kier alpha value is -5.08. The lowest BCUT2D eigenvalue weighted by atomic mass is 10.0. The molecule has 10 nitrogen and oxygen atoms in total. The van der Waals surface area contributed by atoms with Crippen LogP contribution in [0.3, 0.4) is 0 Å². The third-order valence-electron chi connectivity index (χ3n) is 10.3. The van der Waals surface area contributed by atoms with E-state index >= 15 is 4.39 Å². The molecule has 0 bridgehead atoms. The summed E-state index contributed by atoms with van der Waals surface area (Å²) in [4.78, 5) is 43.6. The summed E-state index contributed by atoms with van der Waals surface area (Å²) in [5, 5.41) is 3.85. The highest BCUT2D eigenvalue weighted by Gasteiger charge is 2.28. The average Bonchev–Trinajstić information content (AvgIpc) is 3.18. The van der Waals surface area contributed by atoms with Gasteiger partial charge in [-0.1, -0.05) is 25.4 Å². The number of hydrogen-bond donors (Lipinski definition) is 1. The van der Waals surface area contributed by atoms with Crippen molar-refractivity contribution in [1.82, 2.24) is 15.0 Å². The highest BCUT2D eigenvalue weighted by molar-refractivity contribution is 6.36. The van der Waals surface area contributed by atoms with Gasteiger partial charge in [0.05, 0.1) is 69.5 Å². The van der Waals surface area contributed by atoms with Crippen LogP contribution in [-0.2, 0) is 27.2 Å². The van der Waals surface area contributed by atoms with Crippen LogP contribution in [-0.4, -0.2) is 66.2 Å². The molecule has 6 heterocycles. The number of anilines is 5. The minimum Gasteiger partial charge on any atom is -0.378 e. The van der Waals surface area contributed by atoms with Crippen LogP contribution >= 0.6 is 11.6 Å². The molecule has 15 heteroatoms. The maximum absolute atomic E-state index is 15.1. The van der Waals surface area contributed by atoms with Crippen LogP contribution < -0.4 is 20.0 Å². The van der Waals surface area contributed by atoms with Crippen LogP contribution in [0.1, 0.15) is 63.5 Å². The van der Waals surface area contributed by atoms with E-state index in [4.69, 9.17) is 16.3 Å². The molecule has 3 saturated heterocycles. The molecule has 0 aliphatic carbocycles. The van der Waals surface area contributed by atoms with E-state index in [0.717, 1.165) is 62.7 Å². The van der Waals surface area contributed by atoms with Crippen LogP contribution in [0.5, 0.6) is 0 Å². The summed E-state index contributed by atoms with van der Waals surface area (Å²) in [6.45, 7) is 7.72. The van der Waals surface area contributed by atoms with Crippen molar-refractivity contribution in [2.75, 3.05) is 59.4 Å². The SMILES string of the molecule is CCc1c(N2CCCCC2=O)nc2cc(F)cc(F)c2c1Cl.CCc1c(N2CCCCC2=O)nc2cc(F)cc(F)c2c1Nc1cncc(N2CCOCC2)c1. The Bertz CT molecular complexity index is 2310. The van der Waals surface area contributed by atoms with Crippen molar-refractivity contribution < 1.29 is 31.9 Å². The summed E-state index contributed by atoms with van der Waals surface area (Å²) in [5.74, 6) is -2.02.